The molecule has 0 aliphatic rings. The lowest BCUT2D eigenvalue weighted by Crippen LogP contribution is -1.89. The zero-order valence-corrected chi connectivity index (χ0v) is 8.61. The second-order valence-electron chi connectivity index (χ2n) is 2.39. The minimum Gasteiger partial charge on any atom is -0.244 e. The van der Waals surface area contributed by atoms with Crippen LogP contribution < -0.4 is 0 Å². The molecule has 0 radical (unpaired) electrons. The van der Waals surface area contributed by atoms with Gasteiger partial charge in [0.05, 0.1) is 0 Å². The van der Waals surface area contributed by atoms with E-state index >= 15 is 0 Å². The fraction of sp³-hybridized carbons (Fsp3) is 0.375. The predicted octanol–water partition coefficient (Wildman–Crippen LogP) is 2.98. The van der Waals surface area contributed by atoms with Crippen LogP contribution in [0, 0.1) is 6.92 Å². The molecule has 1 nitrogen and oxygen atoms in total. The fourth-order valence-electron chi connectivity index (χ4n) is 0.862. The first-order valence-electron chi connectivity index (χ1n) is 3.41. The molecule has 0 unspecified atom stereocenters. The number of hydrogen-bond acceptors (Lipinski definition) is 1. The van der Waals surface area contributed by atoms with Crippen molar-refractivity contribution in [1.82, 2.24) is 4.98 Å². The maximum absolute atomic E-state index is 5.76. The molecule has 1 heterocycles. The first-order valence-corrected chi connectivity index (χ1v) is 4.91. The largest absolute Gasteiger partial charge is 0.244 e. The topological polar surface area (TPSA) is 12.9 Å². The Hall–Kier alpha value is -0.0800. The molecule has 0 aromatic carbocycles. The number of nitrogens with zero attached hydrogens (tertiary/aromatic N) is 1. The Bertz CT molecular complexity index is 250. The molecular formula is C8H9BrClN. The van der Waals surface area contributed by atoms with Gasteiger partial charge in [-0.3, -0.25) is 0 Å². The van der Waals surface area contributed by atoms with E-state index in [-0.39, 0.29) is 0 Å². The van der Waals surface area contributed by atoms with Gasteiger partial charge in [-0.05, 0) is 24.5 Å². The Morgan fingerprint density at radius 2 is 2.36 bits per heavy atom. The van der Waals surface area contributed by atoms with E-state index in [9.17, 15) is 0 Å². The van der Waals surface area contributed by atoms with Gasteiger partial charge in [0.2, 0.25) is 0 Å². The quantitative estimate of drug-likeness (QED) is 0.566. The molecule has 0 amide bonds. The van der Waals surface area contributed by atoms with Gasteiger partial charge in [0.15, 0.2) is 0 Å². The summed E-state index contributed by atoms with van der Waals surface area (Å²) >= 11 is 9.13. The third-order valence-electron chi connectivity index (χ3n) is 1.45. The Morgan fingerprint density at radius 1 is 1.64 bits per heavy atom. The van der Waals surface area contributed by atoms with Crippen LogP contribution in [0.15, 0.2) is 12.3 Å². The van der Waals surface area contributed by atoms with E-state index in [2.05, 4.69) is 27.0 Å². The van der Waals surface area contributed by atoms with Crippen LogP contribution in [0.1, 0.15) is 11.1 Å². The molecule has 0 saturated carbocycles. The van der Waals surface area contributed by atoms with Crippen molar-refractivity contribution < 1.29 is 0 Å². The third kappa shape index (κ3) is 2.46. The van der Waals surface area contributed by atoms with Crippen LogP contribution in [-0.4, -0.2) is 10.3 Å². The van der Waals surface area contributed by atoms with Gasteiger partial charge in [0, 0.05) is 11.5 Å². The van der Waals surface area contributed by atoms with Gasteiger partial charge in [-0.15, -0.1) is 0 Å². The maximum Gasteiger partial charge on any atom is 0.131 e. The number of aromatic nitrogens is 1. The number of pyridine rings is 1. The van der Waals surface area contributed by atoms with Gasteiger partial charge in [-0.25, -0.2) is 4.98 Å². The molecule has 0 aliphatic heterocycles. The normalized spacial score (nSPS) is 10.1. The van der Waals surface area contributed by atoms with Gasteiger partial charge in [-0.1, -0.05) is 33.6 Å². The fourth-order valence-corrected chi connectivity index (χ4v) is 1.42. The molecule has 0 spiro atoms. The Labute approximate surface area is 79.9 Å². The van der Waals surface area contributed by atoms with Gasteiger partial charge >= 0.3 is 0 Å². The number of hydrogen-bond donors (Lipinski definition) is 0. The van der Waals surface area contributed by atoms with Crippen molar-refractivity contribution in [2.24, 2.45) is 0 Å². The summed E-state index contributed by atoms with van der Waals surface area (Å²) in [5, 5.41) is 1.57. The summed E-state index contributed by atoms with van der Waals surface area (Å²) in [5.74, 6) is 0. The average molecular weight is 235 g/mol. The average Bonchev–Trinajstić information content (AvgIpc) is 1.98. The van der Waals surface area contributed by atoms with Crippen LogP contribution >= 0.6 is 27.5 Å². The highest BCUT2D eigenvalue weighted by Gasteiger charge is 1.97. The van der Waals surface area contributed by atoms with Crippen LogP contribution in [0.25, 0.3) is 0 Å². The van der Waals surface area contributed by atoms with E-state index in [1.807, 2.05) is 13.1 Å². The van der Waals surface area contributed by atoms with Crippen LogP contribution in [0.2, 0.25) is 5.15 Å². The van der Waals surface area contributed by atoms with Gasteiger partial charge in [0.25, 0.3) is 0 Å². The molecule has 0 bridgehead atoms. The first-order chi connectivity index (χ1) is 5.24. The molecule has 0 aliphatic carbocycles. The molecule has 60 valence electrons. The molecule has 1 aromatic heterocycles. The summed E-state index contributed by atoms with van der Waals surface area (Å²) < 4.78 is 0. The highest BCUT2D eigenvalue weighted by atomic mass is 79.9. The van der Waals surface area contributed by atoms with Crippen LogP contribution in [0.5, 0.6) is 0 Å². The lowest BCUT2D eigenvalue weighted by molar-refractivity contribution is 1.11. The lowest BCUT2D eigenvalue weighted by Gasteiger charge is -1.99. The second-order valence-corrected chi connectivity index (χ2v) is 3.54. The zero-order valence-electron chi connectivity index (χ0n) is 6.27. The smallest absolute Gasteiger partial charge is 0.131 e. The summed E-state index contributed by atoms with van der Waals surface area (Å²) in [7, 11) is 0. The number of halogens is 2. The third-order valence-corrected chi connectivity index (χ3v) is 2.25. The van der Waals surface area contributed by atoms with Crippen LogP contribution in [0.4, 0.5) is 0 Å². The standard InChI is InChI=1S/C8H9BrClN/c1-6-4-7(2-3-9)5-11-8(6)10/h4-5H,2-3H2,1H3. The van der Waals surface area contributed by atoms with Crippen molar-refractivity contribution in [2.45, 2.75) is 13.3 Å². The number of aryl methyl sites for hydroxylation is 2. The predicted molar refractivity (Wildman–Crippen MR) is 51.5 cm³/mol. The molecule has 0 atom stereocenters. The molecular weight excluding hydrogens is 225 g/mol. The Morgan fingerprint density at radius 3 is 2.91 bits per heavy atom. The highest BCUT2D eigenvalue weighted by molar-refractivity contribution is 9.09. The van der Waals surface area contributed by atoms with Crippen LogP contribution in [-0.2, 0) is 6.42 Å². The molecule has 0 N–H and O–H groups in total. The van der Waals surface area contributed by atoms with Crippen molar-refractivity contribution >= 4 is 27.5 Å². The van der Waals surface area contributed by atoms with Gasteiger partial charge < -0.3 is 0 Å². The van der Waals surface area contributed by atoms with Crippen LogP contribution in [0.3, 0.4) is 0 Å². The summed E-state index contributed by atoms with van der Waals surface area (Å²) in [4.78, 5) is 4.04. The lowest BCUT2D eigenvalue weighted by atomic mass is 10.2. The summed E-state index contributed by atoms with van der Waals surface area (Å²) in [6.07, 6.45) is 2.82. The van der Waals surface area contributed by atoms with Gasteiger partial charge in [0.1, 0.15) is 5.15 Å². The van der Waals surface area contributed by atoms with E-state index in [0.29, 0.717) is 5.15 Å². The number of alkyl halides is 1. The second kappa shape index (κ2) is 4.07. The maximum atomic E-state index is 5.76. The molecule has 1 rings (SSSR count). The van der Waals surface area contributed by atoms with Crippen molar-refractivity contribution in [3.8, 4) is 0 Å². The van der Waals surface area contributed by atoms with Crippen molar-refractivity contribution in [1.29, 1.82) is 0 Å². The Balaban J connectivity index is 2.86. The highest BCUT2D eigenvalue weighted by Crippen LogP contribution is 2.13. The van der Waals surface area contributed by atoms with E-state index in [4.69, 9.17) is 11.6 Å². The Kier molecular flexibility index (Phi) is 3.34. The van der Waals surface area contributed by atoms with Crippen molar-refractivity contribution in [3.63, 3.8) is 0 Å². The SMILES string of the molecule is Cc1cc(CCBr)cnc1Cl. The molecule has 3 heteroatoms. The minimum atomic E-state index is 0.600. The monoisotopic (exact) mass is 233 g/mol. The van der Waals surface area contributed by atoms with E-state index in [1.54, 1.807) is 0 Å². The first kappa shape index (κ1) is 9.01. The summed E-state index contributed by atoms with van der Waals surface area (Å²) in [6.45, 7) is 1.97. The summed E-state index contributed by atoms with van der Waals surface area (Å²) in [5.41, 5.74) is 2.27. The zero-order chi connectivity index (χ0) is 8.27. The minimum absolute atomic E-state index is 0.600. The number of rotatable bonds is 2. The van der Waals surface area contributed by atoms with E-state index in [1.165, 1.54) is 5.56 Å². The molecule has 0 fully saturated rings. The van der Waals surface area contributed by atoms with Crippen molar-refractivity contribution in [2.75, 3.05) is 5.33 Å². The molecule has 11 heavy (non-hydrogen) atoms. The van der Waals surface area contributed by atoms with E-state index < -0.39 is 0 Å². The van der Waals surface area contributed by atoms with E-state index in [0.717, 1.165) is 17.3 Å². The van der Waals surface area contributed by atoms with Crippen molar-refractivity contribution in [3.05, 3.63) is 28.5 Å². The van der Waals surface area contributed by atoms with Gasteiger partial charge in [-0.2, -0.15) is 0 Å². The molecule has 0 saturated heterocycles. The molecule has 1 aromatic rings. The summed E-state index contributed by atoms with van der Waals surface area (Å²) in [6, 6.07) is 2.07.